The zero-order valence-electron chi connectivity index (χ0n) is 13.6. The van der Waals surface area contributed by atoms with Crippen molar-refractivity contribution in [3.8, 4) is 5.75 Å². The van der Waals surface area contributed by atoms with Crippen LogP contribution in [0.4, 0.5) is 0 Å². The molecule has 0 amide bonds. The Kier molecular flexibility index (Phi) is 4.18. The molecule has 2 aromatic carbocycles. The van der Waals surface area contributed by atoms with Gasteiger partial charge in [-0.2, -0.15) is 8.42 Å². The molecule has 6 nitrogen and oxygen atoms in total. The van der Waals surface area contributed by atoms with Gasteiger partial charge in [-0.15, -0.1) is 0 Å². The smallest absolute Gasteiger partial charge is 0.339 e. The highest BCUT2D eigenvalue weighted by Gasteiger charge is 2.24. The Morgan fingerprint density at radius 2 is 1.68 bits per heavy atom. The van der Waals surface area contributed by atoms with E-state index in [4.69, 9.17) is 4.18 Å². The molecule has 0 spiro atoms. The largest absolute Gasteiger partial charge is 0.377 e. The summed E-state index contributed by atoms with van der Waals surface area (Å²) in [5.41, 5.74) is 0.256. The minimum absolute atomic E-state index is 0.0584. The third kappa shape index (κ3) is 3.18. The second-order valence-corrected chi connectivity index (χ2v) is 7.16. The van der Waals surface area contributed by atoms with Gasteiger partial charge in [-0.05, 0) is 38.1 Å². The van der Waals surface area contributed by atoms with Gasteiger partial charge in [0.2, 0.25) is 0 Å². The molecule has 128 valence electrons. The van der Waals surface area contributed by atoms with Gasteiger partial charge in [0.1, 0.15) is 10.5 Å². The lowest BCUT2D eigenvalue weighted by molar-refractivity contribution is 0.101. The van der Waals surface area contributed by atoms with E-state index in [-0.39, 0.29) is 16.2 Å². The Morgan fingerprint density at radius 1 is 1.04 bits per heavy atom. The summed E-state index contributed by atoms with van der Waals surface area (Å²) in [4.78, 5) is 26.6. The van der Waals surface area contributed by atoms with Gasteiger partial charge in [0.15, 0.2) is 11.5 Å². The number of aryl methyl sites for hydroxylation is 1. The number of aromatic nitrogens is 1. The van der Waals surface area contributed by atoms with E-state index in [1.165, 1.54) is 19.1 Å². The molecule has 1 aromatic heterocycles. The van der Waals surface area contributed by atoms with Crippen molar-refractivity contribution in [3.63, 3.8) is 0 Å². The van der Waals surface area contributed by atoms with Crippen LogP contribution in [0.1, 0.15) is 22.8 Å². The van der Waals surface area contributed by atoms with Crippen molar-refractivity contribution in [1.82, 2.24) is 4.98 Å². The summed E-state index contributed by atoms with van der Waals surface area (Å²) >= 11 is 0. The first-order valence-corrected chi connectivity index (χ1v) is 8.87. The molecule has 3 aromatic rings. The highest BCUT2D eigenvalue weighted by atomic mass is 32.2. The Hall–Kier alpha value is -2.93. The minimum Gasteiger partial charge on any atom is -0.377 e. The predicted molar refractivity (Wildman–Crippen MR) is 93.6 cm³/mol. The molecule has 0 atom stereocenters. The van der Waals surface area contributed by atoms with Gasteiger partial charge in [-0.3, -0.25) is 9.59 Å². The molecule has 1 N–H and O–H groups in total. The fourth-order valence-electron chi connectivity index (χ4n) is 2.48. The molecule has 0 bridgehead atoms. The van der Waals surface area contributed by atoms with Crippen LogP contribution in [0.25, 0.3) is 10.9 Å². The number of fused-ring (bicyclic) bond motifs is 1. The number of hydrogen-bond acceptors (Lipinski definition) is 5. The molecule has 0 aliphatic heterocycles. The number of ketones is 1. The lowest BCUT2D eigenvalue weighted by atomic mass is 10.1. The van der Waals surface area contributed by atoms with E-state index < -0.39 is 21.5 Å². The van der Waals surface area contributed by atoms with E-state index >= 15 is 0 Å². The molecule has 0 aliphatic rings. The van der Waals surface area contributed by atoms with E-state index in [1.54, 1.807) is 36.4 Å². The number of aromatic amines is 1. The van der Waals surface area contributed by atoms with Crippen molar-refractivity contribution in [1.29, 1.82) is 0 Å². The highest BCUT2D eigenvalue weighted by Crippen LogP contribution is 2.29. The summed E-state index contributed by atoms with van der Waals surface area (Å²) in [6, 6.07) is 12.6. The summed E-state index contributed by atoms with van der Waals surface area (Å²) < 4.78 is 30.4. The average Bonchev–Trinajstić information content (AvgIpc) is 2.54. The molecule has 0 aliphatic carbocycles. The maximum absolute atomic E-state index is 12.6. The molecule has 25 heavy (non-hydrogen) atoms. The van der Waals surface area contributed by atoms with Gasteiger partial charge in [0, 0.05) is 5.39 Å². The van der Waals surface area contributed by atoms with Gasteiger partial charge in [-0.25, -0.2) is 0 Å². The molecule has 0 fully saturated rings. The Morgan fingerprint density at radius 3 is 2.32 bits per heavy atom. The number of carbonyl (C=O) groups excluding carboxylic acids is 1. The van der Waals surface area contributed by atoms with Crippen LogP contribution in [0.5, 0.6) is 5.75 Å². The van der Waals surface area contributed by atoms with E-state index in [0.29, 0.717) is 10.9 Å². The summed E-state index contributed by atoms with van der Waals surface area (Å²) in [6.07, 6.45) is 0. The Bertz CT molecular complexity index is 1130. The number of H-pyrrole nitrogens is 1. The monoisotopic (exact) mass is 357 g/mol. The van der Waals surface area contributed by atoms with E-state index in [1.807, 2.05) is 6.92 Å². The summed E-state index contributed by atoms with van der Waals surface area (Å²) in [6.45, 7) is 3.01. The summed E-state index contributed by atoms with van der Waals surface area (Å²) in [5, 5.41) is 0.336. The zero-order chi connectivity index (χ0) is 18.2. The van der Waals surface area contributed by atoms with Gasteiger partial charge < -0.3 is 9.17 Å². The van der Waals surface area contributed by atoms with E-state index in [9.17, 15) is 18.0 Å². The number of para-hydroxylation sites is 1. The minimum atomic E-state index is -4.20. The Labute approximate surface area is 144 Å². The molecule has 0 saturated carbocycles. The zero-order valence-corrected chi connectivity index (χ0v) is 14.4. The molecule has 0 saturated heterocycles. The van der Waals surface area contributed by atoms with Crippen LogP contribution in [0, 0.1) is 6.92 Å². The number of nitrogens with one attached hydrogen (secondary N) is 1. The lowest BCUT2D eigenvalue weighted by Gasteiger charge is -2.12. The van der Waals surface area contributed by atoms with Gasteiger partial charge in [0.25, 0.3) is 5.56 Å². The predicted octanol–water partition coefficient (Wildman–Crippen LogP) is 2.81. The van der Waals surface area contributed by atoms with Crippen molar-refractivity contribution < 1.29 is 17.4 Å². The second kappa shape index (κ2) is 6.18. The molecule has 1 heterocycles. The number of hydrogen-bond donors (Lipinski definition) is 1. The van der Waals surface area contributed by atoms with Crippen LogP contribution in [0.3, 0.4) is 0 Å². The van der Waals surface area contributed by atoms with Crippen molar-refractivity contribution in [2.24, 2.45) is 0 Å². The fraction of sp³-hybridized carbons (Fsp3) is 0.111. The normalized spacial score (nSPS) is 11.4. The number of benzene rings is 2. The lowest BCUT2D eigenvalue weighted by Crippen LogP contribution is -2.20. The summed E-state index contributed by atoms with van der Waals surface area (Å²) in [7, 11) is -4.20. The molecule has 0 radical (unpaired) electrons. The van der Waals surface area contributed by atoms with Crippen LogP contribution >= 0.6 is 0 Å². The van der Waals surface area contributed by atoms with Crippen LogP contribution in [0.15, 0.2) is 58.2 Å². The molecule has 0 unspecified atom stereocenters. The van der Waals surface area contributed by atoms with Gasteiger partial charge in [-0.1, -0.05) is 29.8 Å². The fourth-order valence-corrected chi connectivity index (χ4v) is 3.44. The van der Waals surface area contributed by atoms with Gasteiger partial charge in [0.05, 0.1) is 5.52 Å². The quantitative estimate of drug-likeness (QED) is 0.572. The van der Waals surface area contributed by atoms with Crippen molar-refractivity contribution in [2.45, 2.75) is 18.7 Å². The first-order chi connectivity index (χ1) is 11.8. The maximum Gasteiger partial charge on any atom is 0.339 e. The number of carbonyl (C=O) groups is 1. The topological polar surface area (TPSA) is 93.3 Å². The molecular formula is C18H15NO5S. The van der Waals surface area contributed by atoms with Gasteiger partial charge >= 0.3 is 10.1 Å². The summed E-state index contributed by atoms with van der Waals surface area (Å²) in [5.74, 6) is -0.839. The van der Waals surface area contributed by atoms with Crippen LogP contribution in [-0.2, 0) is 10.1 Å². The first kappa shape index (κ1) is 16.9. The molecule has 7 heteroatoms. The molecule has 3 rings (SSSR count). The van der Waals surface area contributed by atoms with E-state index in [0.717, 1.165) is 5.56 Å². The average molecular weight is 357 g/mol. The Balaban J connectivity index is 2.24. The van der Waals surface area contributed by atoms with Crippen LogP contribution in [-0.4, -0.2) is 19.2 Å². The number of Topliss-reactive ketones (excluding diaryl/α,β-unsaturated/α-hetero) is 1. The first-order valence-electron chi connectivity index (χ1n) is 7.47. The van der Waals surface area contributed by atoms with Crippen LogP contribution < -0.4 is 9.74 Å². The third-order valence-electron chi connectivity index (χ3n) is 3.73. The SMILES string of the molecule is CC(=O)c1c(OS(=O)(=O)c2ccc(C)cc2)c2ccccc2[nH]c1=O. The highest BCUT2D eigenvalue weighted by molar-refractivity contribution is 7.87. The van der Waals surface area contributed by atoms with Crippen molar-refractivity contribution in [2.75, 3.05) is 0 Å². The third-order valence-corrected chi connectivity index (χ3v) is 4.96. The second-order valence-electron chi connectivity index (χ2n) is 5.61. The molecular weight excluding hydrogens is 342 g/mol. The van der Waals surface area contributed by atoms with E-state index in [2.05, 4.69) is 4.98 Å². The number of rotatable bonds is 4. The standard InChI is InChI=1S/C18H15NO5S/c1-11-7-9-13(10-8-11)25(22,23)24-17-14-5-3-4-6-15(14)19-18(21)16(17)12(2)20/h3-10H,1-2H3,(H,19,21). The number of pyridine rings is 1. The van der Waals surface area contributed by atoms with Crippen molar-refractivity contribution in [3.05, 3.63) is 70.0 Å². The van der Waals surface area contributed by atoms with Crippen LogP contribution in [0.2, 0.25) is 0 Å². The maximum atomic E-state index is 12.6. The van der Waals surface area contributed by atoms with Crippen molar-refractivity contribution >= 4 is 26.8 Å².